The summed E-state index contributed by atoms with van der Waals surface area (Å²) in [6.07, 6.45) is 3.33. The van der Waals surface area contributed by atoms with Gasteiger partial charge in [0.15, 0.2) is 23.0 Å². The van der Waals surface area contributed by atoms with Gasteiger partial charge in [-0.2, -0.15) is 0 Å². The number of halogens is 1. The summed E-state index contributed by atoms with van der Waals surface area (Å²) in [6, 6.07) is 10.6. The van der Waals surface area contributed by atoms with E-state index < -0.39 is 10.0 Å². The lowest BCUT2D eigenvalue weighted by Crippen LogP contribution is -2.14. The third-order valence-electron chi connectivity index (χ3n) is 5.21. The lowest BCUT2D eigenvalue weighted by Gasteiger charge is -2.15. The summed E-state index contributed by atoms with van der Waals surface area (Å²) in [5, 5.41) is 10.9. The van der Waals surface area contributed by atoms with Crippen molar-refractivity contribution in [1.29, 1.82) is 0 Å². The highest BCUT2D eigenvalue weighted by Crippen LogP contribution is 2.41. The monoisotopic (exact) mass is 535 g/mol. The van der Waals surface area contributed by atoms with E-state index in [2.05, 4.69) is 4.72 Å². The van der Waals surface area contributed by atoms with Crippen LogP contribution in [0.25, 0.3) is 12.2 Å². The maximum Gasteiger partial charge on any atom is 0.262 e. The Hall–Kier alpha value is -3.76. The minimum atomic E-state index is -4.14. The van der Waals surface area contributed by atoms with Crippen LogP contribution in [0.2, 0.25) is 5.02 Å². The van der Waals surface area contributed by atoms with Crippen molar-refractivity contribution in [1.82, 2.24) is 0 Å². The van der Waals surface area contributed by atoms with Crippen LogP contribution in [0, 0.1) is 0 Å². The molecule has 0 radical (unpaired) electrons. The van der Waals surface area contributed by atoms with Crippen LogP contribution in [0.3, 0.4) is 0 Å². The summed E-state index contributed by atoms with van der Waals surface area (Å²) < 4.78 is 55.1. The number of rotatable bonds is 10. The predicted octanol–water partition coefficient (Wildman–Crippen LogP) is 5.06. The quantitative estimate of drug-likeness (QED) is 0.274. The maximum absolute atomic E-state index is 13.1. The normalized spacial score (nSPS) is 11.3. The standard InChI is InChI=1S/C25H26ClNO8S/c1-31-19-11-9-17(14-18(19)26)36(29,30)27-23-16(8-10-20(32-2)24(23)28)7-6-15-12-21(33-3)25(35-5)22(13-15)34-4/h6-14,27-28H,1-5H3/b7-6-. The Morgan fingerprint density at radius 2 is 1.36 bits per heavy atom. The van der Waals surface area contributed by atoms with Crippen LogP contribution < -0.4 is 28.4 Å². The third-order valence-corrected chi connectivity index (χ3v) is 6.85. The molecule has 0 aliphatic rings. The fraction of sp³-hybridized carbons (Fsp3) is 0.200. The molecule has 3 aromatic rings. The molecule has 0 spiro atoms. The van der Waals surface area contributed by atoms with Crippen molar-refractivity contribution in [2.24, 2.45) is 0 Å². The number of sulfonamides is 1. The van der Waals surface area contributed by atoms with Gasteiger partial charge in [-0.1, -0.05) is 23.8 Å². The van der Waals surface area contributed by atoms with Gasteiger partial charge < -0.3 is 28.8 Å². The average Bonchev–Trinajstić information content (AvgIpc) is 2.88. The SMILES string of the molecule is COc1ccc(S(=O)(=O)Nc2c(/C=C\c3cc(OC)c(OC)c(OC)c3)ccc(OC)c2O)cc1Cl. The first kappa shape index (κ1) is 26.8. The number of hydrogen-bond donors (Lipinski definition) is 2. The summed E-state index contributed by atoms with van der Waals surface area (Å²) in [5.41, 5.74) is 0.964. The molecule has 2 N–H and O–H groups in total. The van der Waals surface area contributed by atoms with Gasteiger partial charge in [0.25, 0.3) is 10.0 Å². The Labute approximate surface area is 214 Å². The van der Waals surface area contributed by atoms with E-state index in [1.165, 1.54) is 59.8 Å². The lowest BCUT2D eigenvalue weighted by molar-refractivity contribution is 0.324. The van der Waals surface area contributed by atoms with Crippen molar-refractivity contribution < 1.29 is 37.2 Å². The zero-order valence-corrected chi connectivity index (χ0v) is 21.9. The molecule has 3 aromatic carbocycles. The molecule has 0 bridgehead atoms. The predicted molar refractivity (Wildman–Crippen MR) is 138 cm³/mol. The van der Waals surface area contributed by atoms with Crippen LogP contribution in [0.1, 0.15) is 11.1 Å². The zero-order chi connectivity index (χ0) is 26.5. The van der Waals surface area contributed by atoms with E-state index in [1.54, 1.807) is 30.4 Å². The van der Waals surface area contributed by atoms with Crippen molar-refractivity contribution in [2.45, 2.75) is 4.90 Å². The molecule has 36 heavy (non-hydrogen) atoms. The van der Waals surface area contributed by atoms with E-state index in [1.807, 2.05) is 0 Å². The Morgan fingerprint density at radius 3 is 1.89 bits per heavy atom. The number of methoxy groups -OCH3 is 5. The van der Waals surface area contributed by atoms with E-state index >= 15 is 0 Å². The van der Waals surface area contributed by atoms with Gasteiger partial charge in [0.1, 0.15) is 11.4 Å². The van der Waals surface area contributed by atoms with Crippen LogP contribution >= 0.6 is 11.6 Å². The van der Waals surface area contributed by atoms with Crippen molar-refractivity contribution in [3.8, 4) is 34.5 Å². The first-order valence-electron chi connectivity index (χ1n) is 10.4. The molecule has 3 rings (SSSR count). The molecular formula is C25H26ClNO8S. The molecule has 0 unspecified atom stereocenters. The minimum Gasteiger partial charge on any atom is -0.503 e. The smallest absolute Gasteiger partial charge is 0.262 e. The fourth-order valence-electron chi connectivity index (χ4n) is 3.39. The number of phenols is 1. The largest absolute Gasteiger partial charge is 0.503 e. The average molecular weight is 536 g/mol. The van der Waals surface area contributed by atoms with Crippen LogP contribution in [-0.4, -0.2) is 49.1 Å². The van der Waals surface area contributed by atoms with E-state index in [0.717, 1.165) is 0 Å². The number of anilines is 1. The summed E-state index contributed by atoms with van der Waals surface area (Å²) in [4.78, 5) is -0.116. The van der Waals surface area contributed by atoms with E-state index in [9.17, 15) is 13.5 Å². The summed E-state index contributed by atoms with van der Waals surface area (Å²) in [6.45, 7) is 0. The summed E-state index contributed by atoms with van der Waals surface area (Å²) >= 11 is 6.11. The van der Waals surface area contributed by atoms with Gasteiger partial charge in [-0.15, -0.1) is 0 Å². The molecular weight excluding hydrogens is 510 g/mol. The minimum absolute atomic E-state index is 0.0787. The van der Waals surface area contributed by atoms with Crippen LogP contribution in [-0.2, 0) is 10.0 Å². The molecule has 0 aliphatic heterocycles. The van der Waals surface area contributed by atoms with E-state index in [-0.39, 0.29) is 27.1 Å². The van der Waals surface area contributed by atoms with Gasteiger partial charge in [-0.25, -0.2) is 8.42 Å². The molecule has 192 valence electrons. The van der Waals surface area contributed by atoms with Crippen molar-refractivity contribution in [2.75, 3.05) is 40.3 Å². The third kappa shape index (κ3) is 5.55. The van der Waals surface area contributed by atoms with Crippen LogP contribution in [0.15, 0.2) is 47.4 Å². The number of phenolic OH excluding ortho intramolecular Hbond substituents is 1. The number of nitrogens with one attached hydrogen (secondary N) is 1. The first-order chi connectivity index (χ1) is 17.2. The molecule has 0 fully saturated rings. The van der Waals surface area contributed by atoms with Crippen LogP contribution in [0.4, 0.5) is 5.69 Å². The number of benzene rings is 3. The molecule has 0 atom stereocenters. The van der Waals surface area contributed by atoms with Crippen LogP contribution in [0.5, 0.6) is 34.5 Å². The van der Waals surface area contributed by atoms with Gasteiger partial charge in [-0.05, 0) is 48.0 Å². The molecule has 11 heteroatoms. The second kappa shape index (κ2) is 11.3. The first-order valence-corrected chi connectivity index (χ1v) is 12.3. The van der Waals surface area contributed by atoms with E-state index in [0.29, 0.717) is 34.1 Å². The second-order valence-electron chi connectivity index (χ2n) is 7.27. The molecule has 0 aliphatic carbocycles. The fourth-order valence-corrected chi connectivity index (χ4v) is 4.83. The van der Waals surface area contributed by atoms with Crippen molar-refractivity contribution in [3.63, 3.8) is 0 Å². The Bertz CT molecular complexity index is 1360. The highest BCUT2D eigenvalue weighted by atomic mass is 35.5. The highest BCUT2D eigenvalue weighted by molar-refractivity contribution is 7.92. The summed E-state index contributed by atoms with van der Waals surface area (Å²) in [5.74, 6) is 1.37. The summed E-state index contributed by atoms with van der Waals surface area (Å²) in [7, 11) is 3.16. The Kier molecular flexibility index (Phi) is 8.44. The van der Waals surface area contributed by atoms with Crippen molar-refractivity contribution in [3.05, 3.63) is 58.6 Å². The van der Waals surface area contributed by atoms with Crippen molar-refractivity contribution >= 4 is 39.5 Å². The Morgan fingerprint density at radius 1 is 0.778 bits per heavy atom. The second-order valence-corrected chi connectivity index (χ2v) is 9.36. The van der Waals surface area contributed by atoms with E-state index in [4.69, 9.17) is 35.3 Å². The number of hydrogen-bond acceptors (Lipinski definition) is 8. The molecule has 0 saturated carbocycles. The maximum atomic E-state index is 13.1. The molecule has 0 aromatic heterocycles. The molecule has 0 heterocycles. The van der Waals surface area contributed by atoms with Gasteiger partial charge in [0.05, 0.1) is 45.5 Å². The highest BCUT2D eigenvalue weighted by Gasteiger charge is 2.22. The number of ether oxygens (including phenoxy) is 5. The molecule has 0 saturated heterocycles. The lowest BCUT2D eigenvalue weighted by atomic mass is 10.1. The van der Waals surface area contributed by atoms with Gasteiger partial charge in [-0.3, -0.25) is 4.72 Å². The van der Waals surface area contributed by atoms with Gasteiger partial charge >= 0.3 is 0 Å². The van der Waals surface area contributed by atoms with Gasteiger partial charge in [0.2, 0.25) is 5.75 Å². The topological polar surface area (TPSA) is 113 Å². The van der Waals surface area contributed by atoms with Gasteiger partial charge in [0, 0.05) is 5.56 Å². The number of aromatic hydroxyl groups is 1. The molecule has 9 nitrogen and oxygen atoms in total. The Balaban J connectivity index is 2.06. The molecule has 0 amide bonds. The zero-order valence-electron chi connectivity index (χ0n) is 20.3.